The molecule has 2 rings (SSSR count). The summed E-state index contributed by atoms with van der Waals surface area (Å²) in [6, 6.07) is 0. The number of rotatable bonds is 3. The molecule has 2 aliphatic rings. The standard InChI is InChI=1S/C10H20N4O3S/c1-12(2)18(16,17)14-7-5-13(6-8-14)9(15)10(11)3-4-10/h3-8,11H2,1-2H3. The highest BCUT2D eigenvalue weighted by Gasteiger charge is 2.48. The lowest BCUT2D eigenvalue weighted by molar-refractivity contribution is -0.134. The summed E-state index contributed by atoms with van der Waals surface area (Å²) in [4.78, 5) is 13.7. The fourth-order valence-electron chi connectivity index (χ4n) is 2.02. The Hall–Kier alpha value is -0.700. The Kier molecular flexibility index (Phi) is 3.39. The molecule has 1 aliphatic heterocycles. The minimum absolute atomic E-state index is 0.0376. The van der Waals surface area contributed by atoms with Gasteiger partial charge in [-0.2, -0.15) is 17.0 Å². The van der Waals surface area contributed by atoms with Gasteiger partial charge < -0.3 is 10.6 Å². The zero-order valence-electron chi connectivity index (χ0n) is 10.8. The molecule has 2 fully saturated rings. The van der Waals surface area contributed by atoms with Crippen molar-refractivity contribution < 1.29 is 13.2 Å². The van der Waals surface area contributed by atoms with E-state index in [0.29, 0.717) is 26.2 Å². The van der Waals surface area contributed by atoms with Crippen LogP contribution in [0.4, 0.5) is 0 Å². The Bertz CT molecular complexity index is 436. The number of piperazine rings is 1. The lowest BCUT2D eigenvalue weighted by atomic mass is 10.2. The van der Waals surface area contributed by atoms with Gasteiger partial charge in [-0.3, -0.25) is 4.79 Å². The van der Waals surface area contributed by atoms with Crippen LogP contribution in [0.3, 0.4) is 0 Å². The number of carbonyl (C=O) groups excluding carboxylic acids is 1. The summed E-state index contributed by atoms with van der Waals surface area (Å²) in [5.74, 6) is -0.0376. The number of amides is 1. The molecular weight excluding hydrogens is 256 g/mol. The first-order chi connectivity index (χ1) is 8.27. The van der Waals surface area contributed by atoms with Crippen molar-refractivity contribution in [1.82, 2.24) is 13.5 Å². The van der Waals surface area contributed by atoms with Gasteiger partial charge in [-0.1, -0.05) is 0 Å². The molecule has 18 heavy (non-hydrogen) atoms. The van der Waals surface area contributed by atoms with E-state index in [-0.39, 0.29) is 5.91 Å². The van der Waals surface area contributed by atoms with E-state index in [1.54, 1.807) is 4.90 Å². The molecule has 0 radical (unpaired) electrons. The molecule has 0 bridgehead atoms. The van der Waals surface area contributed by atoms with E-state index in [1.165, 1.54) is 22.7 Å². The van der Waals surface area contributed by atoms with Gasteiger partial charge in [-0.25, -0.2) is 0 Å². The normalized spacial score (nSPS) is 24.3. The van der Waals surface area contributed by atoms with Crippen LogP contribution in [-0.2, 0) is 15.0 Å². The number of nitrogens with two attached hydrogens (primary N) is 1. The highest BCUT2D eigenvalue weighted by molar-refractivity contribution is 7.86. The van der Waals surface area contributed by atoms with Crippen molar-refractivity contribution >= 4 is 16.1 Å². The maximum Gasteiger partial charge on any atom is 0.281 e. The van der Waals surface area contributed by atoms with E-state index in [9.17, 15) is 13.2 Å². The second kappa shape index (κ2) is 4.44. The van der Waals surface area contributed by atoms with Gasteiger partial charge in [0.15, 0.2) is 0 Å². The van der Waals surface area contributed by atoms with E-state index in [0.717, 1.165) is 12.8 Å². The number of carbonyl (C=O) groups is 1. The molecule has 0 spiro atoms. The first-order valence-corrected chi connectivity index (χ1v) is 7.43. The molecule has 8 heteroatoms. The smallest absolute Gasteiger partial charge is 0.281 e. The van der Waals surface area contributed by atoms with Crippen LogP contribution in [0, 0.1) is 0 Å². The molecule has 1 saturated carbocycles. The third-order valence-corrected chi connectivity index (χ3v) is 5.47. The minimum Gasteiger partial charge on any atom is -0.338 e. The molecule has 2 N–H and O–H groups in total. The van der Waals surface area contributed by atoms with Crippen molar-refractivity contribution in [3.05, 3.63) is 0 Å². The highest BCUT2D eigenvalue weighted by atomic mass is 32.2. The van der Waals surface area contributed by atoms with Crippen LogP contribution in [0.5, 0.6) is 0 Å². The fourth-order valence-corrected chi connectivity index (χ4v) is 3.10. The number of hydrogen-bond donors (Lipinski definition) is 1. The monoisotopic (exact) mass is 276 g/mol. The van der Waals surface area contributed by atoms with Crippen molar-refractivity contribution in [1.29, 1.82) is 0 Å². The molecule has 0 unspecified atom stereocenters. The summed E-state index contributed by atoms with van der Waals surface area (Å²) in [6.07, 6.45) is 1.48. The molecule has 0 aromatic heterocycles. The van der Waals surface area contributed by atoms with Crippen LogP contribution in [0.1, 0.15) is 12.8 Å². The summed E-state index contributed by atoms with van der Waals surface area (Å²) in [5, 5.41) is 0. The van der Waals surface area contributed by atoms with Crippen molar-refractivity contribution in [2.75, 3.05) is 40.3 Å². The van der Waals surface area contributed by atoms with Crippen LogP contribution in [0.2, 0.25) is 0 Å². The van der Waals surface area contributed by atoms with Gasteiger partial charge in [0.2, 0.25) is 5.91 Å². The van der Waals surface area contributed by atoms with E-state index in [2.05, 4.69) is 0 Å². The summed E-state index contributed by atoms with van der Waals surface area (Å²) in [6.45, 7) is 1.51. The van der Waals surface area contributed by atoms with Crippen LogP contribution in [0.15, 0.2) is 0 Å². The van der Waals surface area contributed by atoms with Crippen molar-refractivity contribution in [2.24, 2.45) is 5.73 Å². The summed E-state index contributed by atoms with van der Waals surface area (Å²) < 4.78 is 26.4. The number of hydrogen-bond acceptors (Lipinski definition) is 4. The molecule has 1 aliphatic carbocycles. The summed E-state index contributed by atoms with van der Waals surface area (Å²) >= 11 is 0. The maximum absolute atomic E-state index is 12.0. The topological polar surface area (TPSA) is 87.0 Å². The quantitative estimate of drug-likeness (QED) is 0.674. The molecule has 1 saturated heterocycles. The van der Waals surface area contributed by atoms with E-state index in [1.807, 2.05) is 0 Å². The molecule has 104 valence electrons. The zero-order chi connectivity index (χ0) is 13.6. The molecule has 1 amide bonds. The molecule has 7 nitrogen and oxygen atoms in total. The Morgan fingerprint density at radius 2 is 1.67 bits per heavy atom. The molecule has 0 aromatic carbocycles. The predicted molar refractivity (Wildman–Crippen MR) is 66.9 cm³/mol. The van der Waals surface area contributed by atoms with Crippen LogP contribution < -0.4 is 5.73 Å². The van der Waals surface area contributed by atoms with Crippen LogP contribution in [-0.4, -0.2) is 73.6 Å². The average molecular weight is 276 g/mol. The average Bonchev–Trinajstić information content (AvgIpc) is 3.07. The van der Waals surface area contributed by atoms with Gasteiger partial charge in [-0.15, -0.1) is 0 Å². The first kappa shape index (κ1) is 13.7. The Labute approximate surface area is 108 Å². The Morgan fingerprint density at radius 1 is 1.17 bits per heavy atom. The highest BCUT2D eigenvalue weighted by Crippen LogP contribution is 2.34. The maximum atomic E-state index is 12.0. The second-order valence-electron chi connectivity index (χ2n) is 5.14. The van der Waals surface area contributed by atoms with Gasteiger partial charge in [-0.05, 0) is 12.8 Å². The summed E-state index contributed by atoms with van der Waals surface area (Å²) in [5.41, 5.74) is 5.19. The van der Waals surface area contributed by atoms with E-state index in [4.69, 9.17) is 5.73 Å². The van der Waals surface area contributed by atoms with Gasteiger partial charge in [0.25, 0.3) is 10.2 Å². The predicted octanol–water partition coefficient (Wildman–Crippen LogP) is -1.57. The molecule has 0 atom stereocenters. The zero-order valence-corrected chi connectivity index (χ0v) is 11.6. The largest absolute Gasteiger partial charge is 0.338 e. The molecule has 1 heterocycles. The first-order valence-electron chi connectivity index (χ1n) is 6.03. The minimum atomic E-state index is -3.37. The Balaban J connectivity index is 1.94. The van der Waals surface area contributed by atoms with Crippen LogP contribution in [0.25, 0.3) is 0 Å². The third kappa shape index (κ3) is 2.37. The van der Waals surface area contributed by atoms with Crippen molar-refractivity contribution in [3.63, 3.8) is 0 Å². The lowest BCUT2D eigenvalue weighted by Gasteiger charge is -2.36. The lowest BCUT2D eigenvalue weighted by Crippen LogP contribution is -2.56. The molecular formula is C10H20N4O3S. The SMILES string of the molecule is CN(C)S(=O)(=O)N1CCN(C(=O)C2(N)CC2)CC1. The van der Waals surface area contributed by atoms with Gasteiger partial charge in [0.1, 0.15) is 0 Å². The number of nitrogens with zero attached hydrogens (tertiary/aromatic N) is 3. The summed E-state index contributed by atoms with van der Waals surface area (Å²) in [7, 11) is -0.360. The van der Waals surface area contributed by atoms with Crippen molar-refractivity contribution in [3.8, 4) is 0 Å². The second-order valence-corrected chi connectivity index (χ2v) is 7.28. The third-order valence-electron chi connectivity index (χ3n) is 3.53. The Morgan fingerprint density at radius 3 is 2.06 bits per heavy atom. The van der Waals surface area contributed by atoms with Gasteiger partial charge in [0.05, 0.1) is 5.54 Å². The van der Waals surface area contributed by atoms with E-state index < -0.39 is 15.7 Å². The van der Waals surface area contributed by atoms with E-state index >= 15 is 0 Å². The van der Waals surface area contributed by atoms with Gasteiger partial charge >= 0.3 is 0 Å². The molecule has 0 aromatic rings. The van der Waals surface area contributed by atoms with Crippen LogP contribution >= 0.6 is 0 Å². The van der Waals surface area contributed by atoms with Crippen molar-refractivity contribution in [2.45, 2.75) is 18.4 Å². The fraction of sp³-hybridized carbons (Fsp3) is 0.900. The van der Waals surface area contributed by atoms with Gasteiger partial charge in [0, 0.05) is 40.3 Å².